The van der Waals surface area contributed by atoms with Gasteiger partial charge in [-0.3, -0.25) is 9.78 Å². The molecule has 1 aliphatic heterocycles. The number of nitrogens with zero attached hydrogens (tertiary/aromatic N) is 2. The summed E-state index contributed by atoms with van der Waals surface area (Å²) in [5, 5.41) is 0. The Morgan fingerprint density at radius 1 is 1.05 bits per heavy atom. The predicted octanol–water partition coefficient (Wildman–Crippen LogP) is 3.39. The van der Waals surface area contributed by atoms with Gasteiger partial charge in [-0.1, -0.05) is 48.6 Å². The van der Waals surface area contributed by atoms with E-state index < -0.39 is 0 Å². The maximum Gasteiger partial charge on any atom is 0.182 e. The van der Waals surface area contributed by atoms with Crippen molar-refractivity contribution in [3.63, 3.8) is 0 Å². The quantitative estimate of drug-likeness (QED) is 0.803. The third-order valence-electron chi connectivity index (χ3n) is 3.45. The Bertz CT molecular complexity index is 662. The summed E-state index contributed by atoms with van der Waals surface area (Å²) in [5.74, 6) is 0.108. The number of Topliss-reactive ketones (excluding diaryl/α,β-unsaturated/α-hetero) is 1. The first-order valence-electron chi connectivity index (χ1n) is 6.94. The van der Waals surface area contributed by atoms with E-state index in [1.165, 1.54) is 0 Å². The Morgan fingerprint density at radius 2 is 1.86 bits per heavy atom. The lowest BCUT2D eigenvalue weighted by atomic mass is 10.1. The second kappa shape index (κ2) is 6.18. The third-order valence-corrected chi connectivity index (χ3v) is 3.45. The summed E-state index contributed by atoms with van der Waals surface area (Å²) in [4.78, 5) is 18.8. The molecule has 104 valence electrons. The number of carbonyl (C=O) groups is 1. The minimum atomic E-state index is 0.00358. The van der Waals surface area contributed by atoms with E-state index in [-0.39, 0.29) is 11.8 Å². The summed E-state index contributed by atoms with van der Waals surface area (Å²) in [7, 11) is 0. The normalized spacial score (nSPS) is 17.0. The van der Waals surface area contributed by atoms with Crippen LogP contribution in [0, 0.1) is 0 Å². The standard InChI is InChI=1S/C18H16N2O/c21-18(15-8-2-1-3-9-15)14-20-13-7-5-11-17(20)16-10-4-6-12-19-16/h1-13,17H,14H2. The average Bonchev–Trinajstić information content (AvgIpc) is 2.57. The highest BCUT2D eigenvalue weighted by molar-refractivity contribution is 5.97. The maximum absolute atomic E-state index is 12.4. The fourth-order valence-electron chi connectivity index (χ4n) is 2.38. The number of carbonyl (C=O) groups excluding carboxylic acids is 1. The molecule has 0 N–H and O–H groups in total. The van der Waals surface area contributed by atoms with E-state index in [2.05, 4.69) is 11.1 Å². The van der Waals surface area contributed by atoms with Crippen molar-refractivity contribution in [3.8, 4) is 0 Å². The summed E-state index contributed by atoms with van der Waals surface area (Å²) in [6, 6.07) is 15.2. The second-order valence-electron chi connectivity index (χ2n) is 4.89. The van der Waals surface area contributed by atoms with Crippen LogP contribution < -0.4 is 0 Å². The number of rotatable bonds is 4. The number of hydrogen-bond donors (Lipinski definition) is 0. The first kappa shape index (κ1) is 13.3. The molecule has 3 nitrogen and oxygen atoms in total. The lowest BCUT2D eigenvalue weighted by Gasteiger charge is -2.29. The summed E-state index contributed by atoms with van der Waals surface area (Å²) in [6.45, 7) is 0.339. The number of allylic oxidation sites excluding steroid dienone is 2. The van der Waals surface area contributed by atoms with Gasteiger partial charge in [0.1, 0.15) is 0 Å². The molecule has 2 heterocycles. The SMILES string of the molecule is O=C(CN1C=CC=CC1c1ccccn1)c1ccccc1. The van der Waals surface area contributed by atoms with Gasteiger partial charge in [0.25, 0.3) is 0 Å². The average molecular weight is 276 g/mol. The summed E-state index contributed by atoms with van der Waals surface area (Å²) in [6.07, 6.45) is 9.71. The highest BCUT2D eigenvalue weighted by Gasteiger charge is 2.20. The first-order valence-corrected chi connectivity index (χ1v) is 6.94. The van der Waals surface area contributed by atoms with Crippen molar-refractivity contribution in [1.29, 1.82) is 0 Å². The number of aromatic nitrogens is 1. The zero-order valence-electron chi connectivity index (χ0n) is 11.6. The van der Waals surface area contributed by atoms with Crippen LogP contribution >= 0.6 is 0 Å². The van der Waals surface area contributed by atoms with Crippen LogP contribution in [0.5, 0.6) is 0 Å². The van der Waals surface area contributed by atoms with Gasteiger partial charge >= 0.3 is 0 Å². The van der Waals surface area contributed by atoms with Crippen LogP contribution in [-0.2, 0) is 0 Å². The highest BCUT2D eigenvalue weighted by atomic mass is 16.1. The molecule has 0 fully saturated rings. The summed E-state index contributed by atoms with van der Waals surface area (Å²) < 4.78 is 0. The maximum atomic E-state index is 12.4. The summed E-state index contributed by atoms with van der Waals surface area (Å²) >= 11 is 0. The molecule has 3 heteroatoms. The Kier molecular flexibility index (Phi) is 3.92. The van der Waals surface area contributed by atoms with Crippen molar-refractivity contribution in [2.75, 3.05) is 6.54 Å². The van der Waals surface area contributed by atoms with Crippen LogP contribution in [0.4, 0.5) is 0 Å². The zero-order valence-corrected chi connectivity index (χ0v) is 11.6. The molecule has 1 aliphatic rings. The van der Waals surface area contributed by atoms with Crippen LogP contribution in [0.2, 0.25) is 0 Å². The van der Waals surface area contributed by atoms with Gasteiger partial charge < -0.3 is 4.90 Å². The van der Waals surface area contributed by atoms with Crippen molar-refractivity contribution >= 4 is 5.78 Å². The van der Waals surface area contributed by atoms with Crippen LogP contribution in [0.1, 0.15) is 22.1 Å². The molecule has 0 aliphatic carbocycles. The number of benzene rings is 1. The predicted molar refractivity (Wildman–Crippen MR) is 82.7 cm³/mol. The monoisotopic (exact) mass is 276 g/mol. The molecule has 0 radical (unpaired) electrons. The van der Waals surface area contributed by atoms with E-state index in [1.54, 1.807) is 6.20 Å². The fourth-order valence-corrected chi connectivity index (χ4v) is 2.38. The molecule has 3 rings (SSSR count). The molecule has 0 saturated carbocycles. The van der Waals surface area contributed by atoms with E-state index in [9.17, 15) is 4.79 Å². The van der Waals surface area contributed by atoms with Gasteiger partial charge in [0.15, 0.2) is 5.78 Å². The van der Waals surface area contributed by atoms with Crippen molar-refractivity contribution in [2.24, 2.45) is 0 Å². The van der Waals surface area contributed by atoms with E-state index >= 15 is 0 Å². The first-order chi connectivity index (χ1) is 10.3. The van der Waals surface area contributed by atoms with Gasteiger partial charge in [-0.2, -0.15) is 0 Å². The van der Waals surface area contributed by atoms with Crippen molar-refractivity contribution in [3.05, 3.63) is 90.4 Å². The number of ketones is 1. The van der Waals surface area contributed by atoms with Crippen molar-refractivity contribution in [2.45, 2.75) is 6.04 Å². The Balaban J connectivity index is 1.79. The van der Waals surface area contributed by atoms with Gasteiger partial charge in [0, 0.05) is 18.0 Å². The highest BCUT2D eigenvalue weighted by Crippen LogP contribution is 2.23. The van der Waals surface area contributed by atoms with Gasteiger partial charge in [-0.15, -0.1) is 0 Å². The topological polar surface area (TPSA) is 33.2 Å². The van der Waals surface area contributed by atoms with Crippen LogP contribution in [-0.4, -0.2) is 22.2 Å². The lowest BCUT2D eigenvalue weighted by Crippen LogP contribution is -2.30. The minimum Gasteiger partial charge on any atom is -0.358 e. The largest absolute Gasteiger partial charge is 0.358 e. The molecule has 0 saturated heterocycles. The fraction of sp³-hybridized carbons (Fsp3) is 0.111. The molecule has 0 amide bonds. The van der Waals surface area contributed by atoms with Crippen molar-refractivity contribution < 1.29 is 4.79 Å². The molecule has 1 unspecified atom stereocenters. The molecule has 1 aromatic heterocycles. The van der Waals surface area contributed by atoms with Crippen LogP contribution in [0.15, 0.2) is 79.2 Å². The summed E-state index contributed by atoms with van der Waals surface area (Å²) in [5.41, 5.74) is 1.68. The molecule has 0 spiro atoms. The number of pyridine rings is 1. The third kappa shape index (κ3) is 3.08. The van der Waals surface area contributed by atoms with E-state index in [0.717, 1.165) is 11.3 Å². The van der Waals surface area contributed by atoms with E-state index in [1.807, 2.05) is 71.8 Å². The van der Waals surface area contributed by atoms with Crippen molar-refractivity contribution in [1.82, 2.24) is 9.88 Å². The molecular formula is C18H16N2O. The van der Waals surface area contributed by atoms with Crippen LogP contribution in [0.3, 0.4) is 0 Å². The lowest BCUT2D eigenvalue weighted by molar-refractivity contribution is 0.0943. The number of hydrogen-bond acceptors (Lipinski definition) is 3. The zero-order chi connectivity index (χ0) is 14.5. The van der Waals surface area contributed by atoms with Gasteiger partial charge in [-0.05, 0) is 18.2 Å². The molecule has 21 heavy (non-hydrogen) atoms. The van der Waals surface area contributed by atoms with E-state index in [0.29, 0.717) is 6.54 Å². The second-order valence-corrected chi connectivity index (χ2v) is 4.89. The van der Waals surface area contributed by atoms with Gasteiger partial charge in [0.05, 0.1) is 18.3 Å². The van der Waals surface area contributed by atoms with E-state index in [4.69, 9.17) is 0 Å². The molecule has 1 atom stereocenters. The van der Waals surface area contributed by atoms with Crippen LogP contribution in [0.25, 0.3) is 0 Å². The molecule has 2 aromatic rings. The minimum absolute atomic E-state index is 0.00358. The Morgan fingerprint density at radius 3 is 2.62 bits per heavy atom. The molecule has 1 aromatic carbocycles. The molecular weight excluding hydrogens is 260 g/mol. The molecule has 0 bridgehead atoms. The Labute approximate surface area is 124 Å². The Hall–Kier alpha value is -2.68. The van der Waals surface area contributed by atoms with Gasteiger partial charge in [0.2, 0.25) is 0 Å². The smallest absolute Gasteiger partial charge is 0.182 e. The van der Waals surface area contributed by atoms with Gasteiger partial charge in [-0.25, -0.2) is 0 Å².